The summed E-state index contributed by atoms with van der Waals surface area (Å²) in [6.07, 6.45) is -3.52. The van der Waals surface area contributed by atoms with Crippen molar-refractivity contribution in [1.82, 2.24) is 0 Å². The number of nitro benzene ring substituents is 1. The number of alkyl halides is 3. The molecule has 1 aliphatic rings. The summed E-state index contributed by atoms with van der Waals surface area (Å²) in [5, 5.41) is 10.0. The van der Waals surface area contributed by atoms with Crippen molar-refractivity contribution < 1.29 is 32.1 Å². The number of furan rings is 1. The van der Waals surface area contributed by atoms with Gasteiger partial charge in [-0.25, -0.2) is 4.90 Å². The maximum absolute atomic E-state index is 13.2. The minimum Gasteiger partial charge on any atom is -0.456 e. The summed E-state index contributed by atoms with van der Waals surface area (Å²) in [5.74, 6) is -0.545. The molecule has 7 nitrogen and oxygen atoms in total. The summed E-state index contributed by atoms with van der Waals surface area (Å²) in [5.41, 5.74) is -0.705. The molecule has 4 rings (SSSR count). The van der Waals surface area contributed by atoms with E-state index >= 15 is 0 Å². The van der Waals surface area contributed by atoms with Crippen molar-refractivity contribution in [2.24, 2.45) is 0 Å². The molecule has 2 amide bonds. The second-order valence-corrected chi connectivity index (χ2v) is 8.56. The van der Waals surface area contributed by atoms with Gasteiger partial charge in [0.1, 0.15) is 11.5 Å². The Kier molecular flexibility index (Phi) is 6.00. The lowest BCUT2D eigenvalue weighted by Crippen LogP contribution is -2.28. The van der Waals surface area contributed by atoms with Crippen LogP contribution in [0, 0.1) is 17.0 Å². The molecule has 0 bridgehead atoms. The largest absolute Gasteiger partial charge is 0.456 e. The first-order valence-corrected chi connectivity index (χ1v) is 10.6. The van der Waals surface area contributed by atoms with Crippen LogP contribution in [0.3, 0.4) is 0 Å². The molecule has 3 aromatic rings. The fourth-order valence-electron chi connectivity index (χ4n) is 3.27. The molecule has 0 aliphatic carbocycles. The molecule has 0 spiro atoms. The maximum Gasteiger partial charge on any atom is 0.417 e. The lowest BCUT2D eigenvalue weighted by Gasteiger charge is -2.16. The zero-order valence-electron chi connectivity index (χ0n) is 17.1. The van der Waals surface area contributed by atoms with Crippen LogP contribution in [0.15, 0.2) is 57.9 Å². The Hall–Kier alpha value is -3.57. The van der Waals surface area contributed by atoms with Crippen molar-refractivity contribution in [3.05, 3.63) is 85.5 Å². The predicted molar refractivity (Wildman–Crippen MR) is 120 cm³/mol. The second kappa shape index (κ2) is 8.65. The predicted octanol–water partition coefficient (Wildman–Crippen LogP) is 7.08. The molecular formula is C22H12ClF3N2O5S. The summed E-state index contributed by atoms with van der Waals surface area (Å²) in [4.78, 5) is 36.6. The molecule has 0 radical (unpaired) electrons. The van der Waals surface area contributed by atoms with Crippen LogP contribution >= 0.6 is 23.4 Å². The Morgan fingerprint density at radius 1 is 1.12 bits per heavy atom. The molecule has 0 atom stereocenters. The molecule has 2 aromatic carbocycles. The number of thioether (sulfide) groups is 1. The third kappa shape index (κ3) is 4.44. The van der Waals surface area contributed by atoms with Crippen molar-refractivity contribution in [1.29, 1.82) is 0 Å². The topological polar surface area (TPSA) is 93.7 Å². The fraction of sp³-hybridized carbons (Fsp3) is 0.0909. The average Bonchev–Trinajstić information content (AvgIpc) is 3.32. The highest BCUT2D eigenvalue weighted by atomic mass is 35.5. The highest BCUT2D eigenvalue weighted by molar-refractivity contribution is 8.19. The van der Waals surface area contributed by atoms with E-state index in [9.17, 15) is 32.9 Å². The number of carbonyl (C=O) groups is 2. The van der Waals surface area contributed by atoms with Gasteiger partial charge in [0.25, 0.3) is 16.8 Å². The molecule has 1 aliphatic heterocycles. The van der Waals surface area contributed by atoms with Crippen LogP contribution in [-0.2, 0) is 11.0 Å². The third-order valence-corrected chi connectivity index (χ3v) is 6.02. The Balaban J connectivity index is 1.65. The number of rotatable bonds is 4. The van der Waals surface area contributed by atoms with Crippen LogP contribution in [0.25, 0.3) is 17.4 Å². The van der Waals surface area contributed by atoms with Gasteiger partial charge < -0.3 is 4.42 Å². The number of amides is 2. The zero-order chi connectivity index (χ0) is 24.8. The third-order valence-electron chi connectivity index (χ3n) is 4.82. The van der Waals surface area contributed by atoms with Crippen molar-refractivity contribution in [2.45, 2.75) is 13.1 Å². The van der Waals surface area contributed by atoms with Crippen LogP contribution < -0.4 is 4.90 Å². The zero-order valence-corrected chi connectivity index (χ0v) is 18.6. The number of hydrogen-bond acceptors (Lipinski definition) is 6. The van der Waals surface area contributed by atoms with Gasteiger partial charge in [-0.05, 0) is 60.6 Å². The highest BCUT2D eigenvalue weighted by Crippen LogP contribution is 2.41. The lowest BCUT2D eigenvalue weighted by molar-refractivity contribution is -0.384. The van der Waals surface area contributed by atoms with E-state index in [4.69, 9.17) is 16.0 Å². The number of carbonyl (C=O) groups excluding carboxylic acids is 2. The van der Waals surface area contributed by atoms with Gasteiger partial charge in [0, 0.05) is 12.1 Å². The highest BCUT2D eigenvalue weighted by Gasteiger charge is 2.39. The van der Waals surface area contributed by atoms with E-state index < -0.39 is 32.8 Å². The number of imide groups is 1. The van der Waals surface area contributed by atoms with Crippen LogP contribution in [0.2, 0.25) is 5.02 Å². The van der Waals surface area contributed by atoms with Crippen molar-refractivity contribution in [3.63, 3.8) is 0 Å². The molecule has 0 saturated carbocycles. The molecule has 1 aromatic heterocycles. The Morgan fingerprint density at radius 3 is 2.53 bits per heavy atom. The first-order chi connectivity index (χ1) is 16.0. The van der Waals surface area contributed by atoms with Gasteiger partial charge >= 0.3 is 6.18 Å². The molecular weight excluding hydrogens is 497 g/mol. The number of nitrogens with zero attached hydrogens (tertiary/aromatic N) is 2. The van der Waals surface area contributed by atoms with Crippen LogP contribution in [0.4, 0.5) is 29.3 Å². The van der Waals surface area contributed by atoms with Crippen LogP contribution in [0.1, 0.15) is 16.9 Å². The van der Waals surface area contributed by atoms with E-state index in [1.165, 1.54) is 30.3 Å². The van der Waals surface area contributed by atoms with Crippen LogP contribution in [0.5, 0.6) is 0 Å². The monoisotopic (exact) mass is 508 g/mol. The first kappa shape index (κ1) is 23.6. The van der Waals surface area contributed by atoms with Gasteiger partial charge in [-0.15, -0.1) is 0 Å². The average molecular weight is 509 g/mol. The maximum atomic E-state index is 13.2. The number of aryl methyl sites for hydroxylation is 1. The van der Waals surface area contributed by atoms with E-state index in [0.29, 0.717) is 28.3 Å². The molecule has 0 unspecified atom stereocenters. The molecule has 2 heterocycles. The van der Waals surface area contributed by atoms with Gasteiger partial charge in [0.15, 0.2) is 0 Å². The SMILES string of the molecule is Cc1ccc(-c2ccc(/C=C3/SC(=O)N(c4ccc(Cl)c(C(F)(F)F)c4)C3=O)o2)c([N+](=O)[O-])c1. The number of hydrogen-bond donors (Lipinski definition) is 0. The van der Waals surface area contributed by atoms with E-state index in [-0.39, 0.29) is 33.4 Å². The van der Waals surface area contributed by atoms with E-state index in [0.717, 1.165) is 12.1 Å². The smallest absolute Gasteiger partial charge is 0.417 e. The van der Waals surface area contributed by atoms with Crippen molar-refractivity contribution in [3.8, 4) is 11.3 Å². The second-order valence-electron chi connectivity index (χ2n) is 7.16. The molecule has 12 heteroatoms. The summed E-state index contributed by atoms with van der Waals surface area (Å²) >= 11 is 6.13. The van der Waals surface area contributed by atoms with E-state index in [1.807, 2.05) is 0 Å². The van der Waals surface area contributed by atoms with Gasteiger partial charge in [-0.1, -0.05) is 17.7 Å². The van der Waals surface area contributed by atoms with Gasteiger partial charge in [0.05, 0.1) is 31.7 Å². The molecule has 1 fully saturated rings. The van der Waals surface area contributed by atoms with E-state index in [2.05, 4.69) is 0 Å². The Bertz CT molecular complexity index is 1380. The summed E-state index contributed by atoms with van der Waals surface area (Å²) in [6.45, 7) is 1.71. The molecule has 34 heavy (non-hydrogen) atoms. The lowest BCUT2D eigenvalue weighted by atomic mass is 10.1. The summed E-state index contributed by atoms with van der Waals surface area (Å²) in [6, 6.07) is 10.3. The van der Waals surface area contributed by atoms with E-state index in [1.54, 1.807) is 13.0 Å². The normalized spacial score (nSPS) is 15.4. The van der Waals surface area contributed by atoms with Crippen LogP contribution in [-0.4, -0.2) is 16.1 Å². The first-order valence-electron chi connectivity index (χ1n) is 9.45. The number of benzene rings is 2. The molecule has 174 valence electrons. The quantitative estimate of drug-likeness (QED) is 0.212. The minimum atomic E-state index is -4.77. The number of anilines is 1. The fourth-order valence-corrected chi connectivity index (χ4v) is 4.31. The minimum absolute atomic E-state index is 0.0900. The standard InChI is InChI=1S/C22H12ClF3N2O5S/c1-11-2-5-14(17(8-11)28(31)32)18-7-4-13(33-18)10-19-20(29)27(21(30)34-19)12-3-6-16(23)15(9-12)22(24,25)26/h2-10H,1H3/b19-10+. The number of halogens is 4. The Morgan fingerprint density at radius 2 is 1.85 bits per heavy atom. The van der Waals surface area contributed by atoms with Crippen molar-refractivity contribution in [2.75, 3.05) is 4.90 Å². The summed E-state index contributed by atoms with van der Waals surface area (Å²) < 4.78 is 45.1. The van der Waals surface area contributed by atoms with Crippen molar-refractivity contribution >= 4 is 52.0 Å². The number of nitro groups is 1. The molecule has 0 N–H and O–H groups in total. The Labute approximate surface area is 198 Å². The summed E-state index contributed by atoms with van der Waals surface area (Å²) in [7, 11) is 0. The van der Waals surface area contributed by atoms with Gasteiger partial charge in [0.2, 0.25) is 0 Å². The van der Waals surface area contributed by atoms with Gasteiger partial charge in [-0.2, -0.15) is 13.2 Å². The van der Waals surface area contributed by atoms with Gasteiger partial charge in [-0.3, -0.25) is 19.7 Å². The molecule has 1 saturated heterocycles.